The molecule has 1 heterocycles. The monoisotopic (exact) mass is 308 g/mol. The van der Waals surface area contributed by atoms with Crippen LogP contribution in [0.2, 0.25) is 0 Å². The van der Waals surface area contributed by atoms with Gasteiger partial charge in [0.2, 0.25) is 0 Å². The van der Waals surface area contributed by atoms with Crippen LogP contribution in [0.4, 0.5) is 8.78 Å². The Morgan fingerprint density at radius 3 is 2.50 bits per heavy atom. The van der Waals surface area contributed by atoms with Gasteiger partial charge in [0, 0.05) is 11.6 Å². The van der Waals surface area contributed by atoms with Crippen LogP contribution in [0.5, 0.6) is 0 Å². The summed E-state index contributed by atoms with van der Waals surface area (Å²) in [5, 5.41) is 0. The Bertz CT molecular complexity index is 681. The first-order chi connectivity index (χ1) is 8.63. The Morgan fingerprint density at radius 1 is 1.06 bits per heavy atom. The lowest BCUT2D eigenvalue weighted by Crippen LogP contribution is -1.80. The molecule has 0 saturated carbocycles. The number of halogens is 3. The molecule has 3 rings (SSSR count). The number of aromatic nitrogens is 2. The molecule has 0 unspecified atom stereocenters. The summed E-state index contributed by atoms with van der Waals surface area (Å²) in [4.78, 5) is 7.34. The zero-order valence-electron chi connectivity index (χ0n) is 9.05. The average Bonchev–Trinajstić information content (AvgIpc) is 2.73. The minimum absolute atomic E-state index is 0.302. The smallest absolute Gasteiger partial charge is 0.139 e. The van der Waals surface area contributed by atoms with Gasteiger partial charge in [-0.2, -0.15) is 0 Å². The molecular weight excluding hydrogens is 302 g/mol. The second-order valence-electron chi connectivity index (χ2n) is 3.88. The van der Waals surface area contributed by atoms with Gasteiger partial charge in [-0.1, -0.05) is 0 Å². The largest absolute Gasteiger partial charge is 0.338 e. The van der Waals surface area contributed by atoms with Gasteiger partial charge in [0.1, 0.15) is 17.5 Å². The number of fused-ring (bicyclic) bond motifs is 1. The summed E-state index contributed by atoms with van der Waals surface area (Å²) in [7, 11) is 0. The van der Waals surface area contributed by atoms with Crippen LogP contribution >= 0.6 is 15.9 Å². The van der Waals surface area contributed by atoms with Gasteiger partial charge < -0.3 is 4.98 Å². The maximum atomic E-state index is 13.4. The first-order valence-electron chi connectivity index (χ1n) is 5.24. The molecule has 0 aliphatic rings. The van der Waals surface area contributed by atoms with Crippen LogP contribution in [-0.2, 0) is 0 Å². The van der Waals surface area contributed by atoms with E-state index in [9.17, 15) is 8.78 Å². The number of imidazole rings is 1. The molecule has 0 bridgehead atoms. The average molecular weight is 309 g/mol. The first kappa shape index (κ1) is 11.3. The van der Waals surface area contributed by atoms with Crippen molar-refractivity contribution in [2.45, 2.75) is 0 Å². The zero-order chi connectivity index (χ0) is 12.7. The molecule has 90 valence electrons. The van der Waals surface area contributed by atoms with E-state index in [4.69, 9.17) is 0 Å². The minimum atomic E-state index is -0.350. The fourth-order valence-electron chi connectivity index (χ4n) is 1.75. The maximum Gasteiger partial charge on any atom is 0.139 e. The van der Waals surface area contributed by atoms with E-state index in [-0.39, 0.29) is 11.6 Å². The summed E-state index contributed by atoms with van der Waals surface area (Å²) in [6.45, 7) is 0. The molecule has 2 aromatic carbocycles. The highest BCUT2D eigenvalue weighted by atomic mass is 79.9. The molecule has 18 heavy (non-hydrogen) atoms. The van der Waals surface area contributed by atoms with E-state index in [1.165, 1.54) is 18.2 Å². The van der Waals surface area contributed by atoms with Crippen molar-refractivity contribution >= 4 is 27.0 Å². The molecule has 0 saturated heterocycles. The number of nitrogens with zero attached hydrogens (tertiary/aromatic N) is 1. The van der Waals surface area contributed by atoms with Crippen LogP contribution in [0.1, 0.15) is 0 Å². The number of hydrogen-bond acceptors (Lipinski definition) is 1. The fraction of sp³-hybridized carbons (Fsp3) is 0. The second-order valence-corrected chi connectivity index (χ2v) is 4.73. The second kappa shape index (κ2) is 4.17. The van der Waals surface area contributed by atoms with Crippen LogP contribution in [0, 0.1) is 11.6 Å². The Morgan fingerprint density at radius 2 is 1.78 bits per heavy atom. The minimum Gasteiger partial charge on any atom is -0.338 e. The number of nitrogens with one attached hydrogen (secondary N) is 1. The lowest BCUT2D eigenvalue weighted by molar-refractivity contribution is 0.623. The number of H-pyrrole nitrogens is 1. The van der Waals surface area contributed by atoms with Crippen LogP contribution in [-0.4, -0.2) is 9.97 Å². The molecule has 2 nitrogen and oxygen atoms in total. The Hall–Kier alpha value is -1.75. The number of hydrogen-bond donors (Lipinski definition) is 1. The van der Waals surface area contributed by atoms with Crippen molar-refractivity contribution in [3.05, 3.63) is 52.5 Å². The van der Waals surface area contributed by atoms with Gasteiger partial charge in [-0.3, -0.25) is 0 Å². The number of rotatable bonds is 1. The highest BCUT2D eigenvalue weighted by Crippen LogP contribution is 2.25. The van der Waals surface area contributed by atoms with Gasteiger partial charge in [-0.25, -0.2) is 13.8 Å². The number of aromatic amines is 1. The molecule has 0 aliphatic heterocycles. The van der Waals surface area contributed by atoms with Crippen molar-refractivity contribution in [1.29, 1.82) is 0 Å². The molecule has 1 aromatic heterocycles. The normalized spacial score (nSPS) is 11.1. The Labute approximate surface area is 110 Å². The van der Waals surface area contributed by atoms with E-state index in [0.29, 0.717) is 21.3 Å². The molecule has 0 radical (unpaired) electrons. The Kier molecular flexibility index (Phi) is 2.63. The maximum absolute atomic E-state index is 13.4. The lowest BCUT2D eigenvalue weighted by atomic mass is 10.2. The molecule has 3 aromatic rings. The van der Waals surface area contributed by atoms with Crippen molar-refractivity contribution < 1.29 is 8.78 Å². The van der Waals surface area contributed by atoms with Gasteiger partial charge in [-0.15, -0.1) is 0 Å². The van der Waals surface area contributed by atoms with E-state index in [2.05, 4.69) is 25.9 Å². The van der Waals surface area contributed by atoms with Crippen LogP contribution in [0.15, 0.2) is 40.9 Å². The summed E-state index contributed by atoms with van der Waals surface area (Å²) < 4.78 is 26.6. The van der Waals surface area contributed by atoms with Gasteiger partial charge in [0.15, 0.2) is 0 Å². The van der Waals surface area contributed by atoms with Crippen molar-refractivity contribution in [3.8, 4) is 11.4 Å². The molecule has 5 heteroatoms. The molecule has 0 aliphatic carbocycles. The van der Waals surface area contributed by atoms with E-state index < -0.39 is 0 Å². The summed E-state index contributed by atoms with van der Waals surface area (Å²) in [6.07, 6.45) is 0. The van der Waals surface area contributed by atoms with Gasteiger partial charge >= 0.3 is 0 Å². The standard InChI is InChI=1S/C13H7BrF2N2/c14-9-5-11-12(6-10(9)16)18-13(17-11)7-1-3-8(15)4-2-7/h1-6H,(H,17,18). The van der Waals surface area contributed by atoms with Crippen LogP contribution in [0.3, 0.4) is 0 Å². The summed E-state index contributed by atoms with van der Waals surface area (Å²) >= 11 is 3.11. The summed E-state index contributed by atoms with van der Waals surface area (Å²) in [5.41, 5.74) is 2.02. The molecular formula is C13H7BrF2N2. The quantitative estimate of drug-likeness (QED) is 0.714. The third-order valence-corrected chi connectivity index (χ3v) is 3.25. The number of benzene rings is 2. The first-order valence-corrected chi connectivity index (χ1v) is 6.03. The molecule has 0 atom stereocenters. The zero-order valence-corrected chi connectivity index (χ0v) is 10.6. The van der Waals surface area contributed by atoms with E-state index >= 15 is 0 Å². The van der Waals surface area contributed by atoms with E-state index in [1.54, 1.807) is 18.2 Å². The van der Waals surface area contributed by atoms with Gasteiger partial charge in [-0.05, 0) is 46.3 Å². The van der Waals surface area contributed by atoms with E-state index in [0.717, 1.165) is 5.56 Å². The molecule has 0 fully saturated rings. The molecule has 1 N–H and O–H groups in total. The van der Waals surface area contributed by atoms with Crippen molar-refractivity contribution in [1.82, 2.24) is 9.97 Å². The third kappa shape index (κ3) is 1.90. The van der Waals surface area contributed by atoms with Crippen LogP contribution in [0.25, 0.3) is 22.4 Å². The molecule has 0 amide bonds. The highest BCUT2D eigenvalue weighted by molar-refractivity contribution is 9.10. The predicted molar refractivity (Wildman–Crippen MR) is 69.1 cm³/mol. The third-order valence-electron chi connectivity index (χ3n) is 2.64. The van der Waals surface area contributed by atoms with Crippen molar-refractivity contribution in [2.24, 2.45) is 0 Å². The van der Waals surface area contributed by atoms with Crippen molar-refractivity contribution in [3.63, 3.8) is 0 Å². The van der Waals surface area contributed by atoms with Crippen LogP contribution < -0.4 is 0 Å². The summed E-state index contributed by atoms with van der Waals surface area (Å²) in [6, 6.07) is 8.95. The van der Waals surface area contributed by atoms with Gasteiger partial charge in [0.25, 0.3) is 0 Å². The highest BCUT2D eigenvalue weighted by Gasteiger charge is 2.08. The van der Waals surface area contributed by atoms with Crippen molar-refractivity contribution in [2.75, 3.05) is 0 Å². The molecule has 0 spiro atoms. The summed E-state index contributed by atoms with van der Waals surface area (Å²) in [5.74, 6) is -0.0667. The van der Waals surface area contributed by atoms with Gasteiger partial charge in [0.05, 0.1) is 15.5 Å². The lowest BCUT2D eigenvalue weighted by Gasteiger charge is -1.94. The Balaban J connectivity index is 2.16. The fourth-order valence-corrected chi connectivity index (χ4v) is 2.08. The topological polar surface area (TPSA) is 28.7 Å². The predicted octanol–water partition coefficient (Wildman–Crippen LogP) is 4.27. The SMILES string of the molecule is Fc1ccc(-c2nc3cc(Br)c(F)cc3[nH]2)cc1. The van der Waals surface area contributed by atoms with E-state index in [1.807, 2.05) is 0 Å².